The third-order valence-corrected chi connectivity index (χ3v) is 1.38. The van der Waals surface area contributed by atoms with Crippen molar-refractivity contribution in [1.82, 2.24) is 9.13 Å². The monoisotopic (exact) mass is 156 g/mol. The Labute approximate surface area is 62.5 Å². The molecule has 1 aromatic heterocycles. The van der Waals surface area contributed by atoms with E-state index >= 15 is 0 Å². The minimum Gasteiger partial charge on any atom is -0.493 e. The lowest BCUT2D eigenvalue weighted by molar-refractivity contribution is -0.108. The summed E-state index contributed by atoms with van der Waals surface area (Å²) >= 11 is 0. The van der Waals surface area contributed by atoms with Gasteiger partial charge < -0.3 is 9.90 Å². The van der Waals surface area contributed by atoms with Crippen molar-refractivity contribution < 1.29 is 9.90 Å². The van der Waals surface area contributed by atoms with E-state index < -0.39 is 5.69 Å². The molecule has 0 saturated heterocycles. The summed E-state index contributed by atoms with van der Waals surface area (Å²) in [6, 6.07) is 0. The van der Waals surface area contributed by atoms with Crippen LogP contribution in [0.1, 0.15) is 0 Å². The van der Waals surface area contributed by atoms with Crippen LogP contribution < -0.4 is 5.69 Å². The number of hydrogen-bond acceptors (Lipinski definition) is 3. The molecule has 5 heteroatoms. The van der Waals surface area contributed by atoms with E-state index in [0.717, 1.165) is 4.57 Å². The highest BCUT2D eigenvalue weighted by molar-refractivity contribution is 5.49. The van der Waals surface area contributed by atoms with Gasteiger partial charge >= 0.3 is 5.69 Å². The van der Waals surface area contributed by atoms with Crippen LogP contribution in [0.25, 0.3) is 0 Å². The van der Waals surface area contributed by atoms with Gasteiger partial charge in [-0.05, 0) is 0 Å². The van der Waals surface area contributed by atoms with Crippen LogP contribution in [0, 0.1) is 0 Å². The molecule has 0 bridgehead atoms. The molecule has 1 aromatic rings. The Hall–Kier alpha value is -1.52. The smallest absolute Gasteiger partial charge is 0.331 e. The molecule has 0 spiro atoms. The Morgan fingerprint density at radius 1 is 1.73 bits per heavy atom. The molecular weight excluding hydrogens is 148 g/mol. The lowest BCUT2D eigenvalue weighted by atomic mass is 10.7. The number of carbonyl (C=O) groups is 1. The fourth-order valence-electron chi connectivity index (χ4n) is 0.833. The van der Waals surface area contributed by atoms with Crippen LogP contribution in [0.2, 0.25) is 0 Å². The number of aromatic hydroxyl groups is 1. The number of aromatic nitrogens is 2. The zero-order valence-electron chi connectivity index (χ0n) is 6.02. The highest BCUT2D eigenvalue weighted by atomic mass is 16.3. The zero-order chi connectivity index (χ0) is 8.43. The van der Waals surface area contributed by atoms with Crippen LogP contribution in [0.4, 0.5) is 0 Å². The number of hydrogen-bond donors (Lipinski definition) is 1. The largest absolute Gasteiger partial charge is 0.493 e. The minimum absolute atomic E-state index is 0.106. The predicted octanol–water partition coefficient (Wildman–Crippen LogP) is -0.909. The van der Waals surface area contributed by atoms with Gasteiger partial charge in [-0.2, -0.15) is 0 Å². The molecule has 0 aliphatic carbocycles. The third-order valence-electron chi connectivity index (χ3n) is 1.38. The maximum atomic E-state index is 11.0. The van der Waals surface area contributed by atoms with Crippen LogP contribution >= 0.6 is 0 Å². The van der Waals surface area contributed by atoms with Crippen molar-refractivity contribution in [2.24, 2.45) is 7.05 Å². The number of nitrogens with zero attached hydrogens (tertiary/aromatic N) is 2. The van der Waals surface area contributed by atoms with Gasteiger partial charge in [0.15, 0.2) is 0 Å². The number of carbonyl (C=O) groups excluding carboxylic acids is 1. The molecule has 0 aliphatic heterocycles. The summed E-state index contributed by atoms with van der Waals surface area (Å²) < 4.78 is 2.19. The van der Waals surface area contributed by atoms with E-state index in [1.54, 1.807) is 0 Å². The lowest BCUT2D eigenvalue weighted by Crippen LogP contribution is -2.22. The summed E-state index contributed by atoms with van der Waals surface area (Å²) in [6.07, 6.45) is 1.81. The SMILES string of the molecule is Cn1cc(O)n(CC=O)c1=O. The maximum absolute atomic E-state index is 11.0. The summed E-state index contributed by atoms with van der Waals surface area (Å²) in [6.45, 7) is -0.106. The fourth-order valence-corrected chi connectivity index (χ4v) is 0.833. The van der Waals surface area contributed by atoms with Crippen LogP contribution in [0.15, 0.2) is 11.0 Å². The Kier molecular flexibility index (Phi) is 1.80. The Morgan fingerprint density at radius 3 is 2.73 bits per heavy atom. The van der Waals surface area contributed by atoms with Gasteiger partial charge in [0.05, 0.1) is 12.7 Å². The summed E-state index contributed by atoms with van der Waals surface area (Å²) in [7, 11) is 1.50. The lowest BCUT2D eigenvalue weighted by Gasteiger charge is -1.92. The Balaban J connectivity index is 3.22. The van der Waals surface area contributed by atoms with E-state index in [9.17, 15) is 9.59 Å². The predicted molar refractivity (Wildman–Crippen MR) is 37.4 cm³/mol. The van der Waals surface area contributed by atoms with Crippen LogP contribution in [0.5, 0.6) is 5.88 Å². The molecule has 60 valence electrons. The van der Waals surface area contributed by atoms with Crippen molar-refractivity contribution in [2.45, 2.75) is 6.54 Å². The molecule has 0 radical (unpaired) electrons. The van der Waals surface area contributed by atoms with Crippen molar-refractivity contribution in [1.29, 1.82) is 0 Å². The molecular formula is C6H8N2O3. The number of aryl methyl sites for hydroxylation is 1. The van der Waals surface area contributed by atoms with E-state index in [1.807, 2.05) is 0 Å². The first kappa shape index (κ1) is 7.59. The molecule has 0 amide bonds. The number of rotatable bonds is 2. The molecule has 5 nitrogen and oxygen atoms in total. The summed E-state index contributed by atoms with van der Waals surface area (Å²) in [5, 5.41) is 9.03. The van der Waals surface area contributed by atoms with Crippen LogP contribution in [0.3, 0.4) is 0 Å². The van der Waals surface area contributed by atoms with E-state index in [0.29, 0.717) is 6.29 Å². The number of imidazole rings is 1. The van der Waals surface area contributed by atoms with Crippen molar-refractivity contribution in [2.75, 3.05) is 0 Å². The molecule has 0 fully saturated rings. The molecule has 0 unspecified atom stereocenters. The second kappa shape index (κ2) is 2.61. The van der Waals surface area contributed by atoms with E-state index in [1.165, 1.54) is 17.8 Å². The van der Waals surface area contributed by atoms with E-state index in [2.05, 4.69) is 0 Å². The molecule has 1 rings (SSSR count). The molecule has 0 aliphatic rings. The molecule has 0 saturated carbocycles. The summed E-state index contributed by atoms with van der Waals surface area (Å²) in [5.74, 6) is -0.190. The number of aldehydes is 1. The molecule has 0 atom stereocenters. The fraction of sp³-hybridized carbons (Fsp3) is 0.333. The van der Waals surface area contributed by atoms with Gasteiger partial charge in [-0.1, -0.05) is 0 Å². The van der Waals surface area contributed by atoms with Gasteiger partial charge in [-0.3, -0.25) is 9.13 Å². The average molecular weight is 156 g/mol. The molecule has 1 N–H and O–H groups in total. The second-order valence-electron chi connectivity index (χ2n) is 2.16. The summed E-state index contributed by atoms with van der Waals surface area (Å²) in [5.41, 5.74) is -0.394. The Bertz CT molecular complexity index is 323. The second-order valence-corrected chi connectivity index (χ2v) is 2.16. The average Bonchev–Trinajstić information content (AvgIpc) is 2.17. The van der Waals surface area contributed by atoms with E-state index in [4.69, 9.17) is 5.11 Å². The van der Waals surface area contributed by atoms with Crippen molar-refractivity contribution in [3.63, 3.8) is 0 Å². The van der Waals surface area contributed by atoms with Crippen LogP contribution in [-0.2, 0) is 18.4 Å². The summed E-state index contributed by atoms with van der Waals surface area (Å²) in [4.78, 5) is 21.0. The highest BCUT2D eigenvalue weighted by Gasteiger charge is 2.05. The van der Waals surface area contributed by atoms with Gasteiger partial charge in [0.2, 0.25) is 5.88 Å². The molecule has 0 aromatic carbocycles. The van der Waals surface area contributed by atoms with Gasteiger partial charge in [0.1, 0.15) is 6.29 Å². The Morgan fingerprint density at radius 2 is 2.36 bits per heavy atom. The zero-order valence-corrected chi connectivity index (χ0v) is 6.02. The molecule has 1 heterocycles. The first-order chi connectivity index (χ1) is 5.16. The maximum Gasteiger partial charge on any atom is 0.331 e. The first-order valence-electron chi connectivity index (χ1n) is 3.05. The van der Waals surface area contributed by atoms with Gasteiger partial charge in [-0.15, -0.1) is 0 Å². The van der Waals surface area contributed by atoms with Crippen LogP contribution in [-0.4, -0.2) is 20.5 Å². The van der Waals surface area contributed by atoms with E-state index in [-0.39, 0.29) is 12.4 Å². The minimum atomic E-state index is -0.394. The molecule has 11 heavy (non-hydrogen) atoms. The quantitative estimate of drug-likeness (QED) is 0.564. The highest BCUT2D eigenvalue weighted by Crippen LogP contribution is 2.02. The van der Waals surface area contributed by atoms with Crippen molar-refractivity contribution in [3.8, 4) is 5.88 Å². The van der Waals surface area contributed by atoms with Gasteiger partial charge in [0, 0.05) is 7.05 Å². The van der Waals surface area contributed by atoms with Gasteiger partial charge in [0.25, 0.3) is 0 Å². The van der Waals surface area contributed by atoms with Crippen molar-refractivity contribution in [3.05, 3.63) is 16.7 Å². The third kappa shape index (κ3) is 1.17. The topological polar surface area (TPSA) is 64.2 Å². The van der Waals surface area contributed by atoms with Gasteiger partial charge in [-0.25, -0.2) is 4.79 Å². The standard InChI is InChI=1S/C6H8N2O3/c1-7-4-5(10)8(2-3-9)6(7)11/h3-4,10H,2H2,1H3. The normalized spacial score (nSPS) is 9.91. The first-order valence-corrected chi connectivity index (χ1v) is 3.05. The van der Waals surface area contributed by atoms with Crippen molar-refractivity contribution >= 4 is 6.29 Å².